The van der Waals surface area contributed by atoms with Gasteiger partial charge >= 0.3 is 0 Å². The van der Waals surface area contributed by atoms with Crippen LogP contribution in [0.15, 0.2) is 36.9 Å². The van der Waals surface area contributed by atoms with Crippen LogP contribution >= 0.6 is 0 Å². The van der Waals surface area contributed by atoms with Crippen LogP contribution in [-0.2, 0) is 0 Å². The van der Waals surface area contributed by atoms with Crippen molar-refractivity contribution in [3.8, 4) is 16.9 Å². The van der Waals surface area contributed by atoms with Crippen LogP contribution in [0.2, 0.25) is 0 Å². The molecule has 2 saturated carbocycles. The van der Waals surface area contributed by atoms with Crippen LogP contribution in [0.5, 0.6) is 5.75 Å². The predicted molar refractivity (Wildman–Crippen MR) is 105 cm³/mol. The van der Waals surface area contributed by atoms with Gasteiger partial charge < -0.3 is 4.74 Å². The SMILES string of the molecule is C=CC1CCC2C(c3ccc(-c4ccc(OCC)c(F)c4F)c(F)c3F)CCC12. The summed E-state index contributed by atoms with van der Waals surface area (Å²) in [4.78, 5) is 0. The molecule has 4 unspecified atom stereocenters. The van der Waals surface area contributed by atoms with Crippen LogP contribution in [0.1, 0.15) is 44.1 Å². The van der Waals surface area contributed by atoms with E-state index in [9.17, 15) is 13.2 Å². The van der Waals surface area contributed by atoms with Crippen molar-refractivity contribution in [2.45, 2.75) is 38.5 Å². The lowest BCUT2D eigenvalue weighted by atomic mass is 9.84. The number of hydrogen-bond acceptors (Lipinski definition) is 1. The highest BCUT2D eigenvalue weighted by molar-refractivity contribution is 5.67. The Labute approximate surface area is 168 Å². The van der Waals surface area contributed by atoms with Crippen LogP contribution in [-0.4, -0.2) is 6.61 Å². The van der Waals surface area contributed by atoms with E-state index in [1.54, 1.807) is 6.92 Å². The predicted octanol–water partition coefficient (Wildman–Crippen LogP) is 7.01. The second-order valence-electron chi connectivity index (χ2n) is 7.99. The first-order chi connectivity index (χ1) is 14.0. The third kappa shape index (κ3) is 3.24. The molecule has 0 saturated heterocycles. The molecule has 0 radical (unpaired) electrons. The zero-order valence-corrected chi connectivity index (χ0v) is 16.4. The molecule has 2 fully saturated rings. The molecule has 2 aliphatic rings. The fraction of sp³-hybridized carbons (Fsp3) is 0.417. The van der Waals surface area contributed by atoms with Crippen molar-refractivity contribution < 1.29 is 22.3 Å². The van der Waals surface area contributed by atoms with E-state index >= 15 is 4.39 Å². The minimum absolute atomic E-state index is 0.0459. The van der Waals surface area contributed by atoms with Crippen molar-refractivity contribution in [1.82, 2.24) is 0 Å². The summed E-state index contributed by atoms with van der Waals surface area (Å²) in [6, 6.07) is 5.35. The van der Waals surface area contributed by atoms with Crippen LogP contribution in [0, 0.1) is 41.0 Å². The Morgan fingerprint density at radius 3 is 2.21 bits per heavy atom. The van der Waals surface area contributed by atoms with Crippen molar-refractivity contribution in [2.75, 3.05) is 6.61 Å². The molecule has 0 aliphatic heterocycles. The highest BCUT2D eigenvalue weighted by Gasteiger charge is 2.45. The van der Waals surface area contributed by atoms with Gasteiger partial charge in [-0.05, 0) is 74.0 Å². The van der Waals surface area contributed by atoms with Gasteiger partial charge in [-0.25, -0.2) is 13.2 Å². The lowest BCUT2D eigenvalue weighted by Gasteiger charge is -2.21. The molecule has 5 heteroatoms. The maximum atomic E-state index is 15.0. The van der Waals surface area contributed by atoms with E-state index in [0.717, 1.165) is 25.7 Å². The first kappa shape index (κ1) is 20.0. The number of benzene rings is 2. The smallest absolute Gasteiger partial charge is 0.201 e. The molecule has 0 aromatic heterocycles. The second-order valence-corrected chi connectivity index (χ2v) is 7.99. The summed E-state index contributed by atoms with van der Waals surface area (Å²) >= 11 is 0. The van der Waals surface area contributed by atoms with Crippen LogP contribution in [0.25, 0.3) is 11.1 Å². The van der Waals surface area contributed by atoms with Crippen LogP contribution in [0.3, 0.4) is 0 Å². The van der Waals surface area contributed by atoms with Crippen molar-refractivity contribution in [2.24, 2.45) is 17.8 Å². The van der Waals surface area contributed by atoms with Gasteiger partial charge in [0.25, 0.3) is 0 Å². The summed E-state index contributed by atoms with van der Waals surface area (Å²) in [5.74, 6) is -3.60. The molecule has 2 aromatic carbocycles. The molecule has 154 valence electrons. The standard InChI is InChI=1S/C24H24F4O/c1-3-13-5-6-15-14(13)7-8-16(15)17-9-10-18(22(26)21(17)25)19-11-12-20(29-4-2)24(28)23(19)27/h3,9-16H,1,4-8H2,2H3. The molecule has 2 aliphatic carbocycles. The van der Waals surface area contributed by atoms with Crippen molar-refractivity contribution in [3.63, 3.8) is 0 Å². The van der Waals surface area contributed by atoms with Gasteiger partial charge in [0, 0.05) is 11.1 Å². The molecular weight excluding hydrogens is 380 g/mol. The van der Waals surface area contributed by atoms with Gasteiger partial charge in [0.1, 0.15) is 0 Å². The summed E-state index contributed by atoms with van der Waals surface area (Å²) in [7, 11) is 0. The molecule has 29 heavy (non-hydrogen) atoms. The fourth-order valence-corrected chi connectivity index (χ4v) is 5.39. The van der Waals surface area contributed by atoms with Crippen molar-refractivity contribution >= 4 is 0 Å². The van der Waals surface area contributed by atoms with E-state index < -0.39 is 23.3 Å². The summed E-state index contributed by atoms with van der Waals surface area (Å²) in [5, 5.41) is 0. The highest BCUT2D eigenvalue weighted by atomic mass is 19.2. The summed E-state index contributed by atoms with van der Waals surface area (Å²) in [6.45, 7) is 5.72. The van der Waals surface area contributed by atoms with Gasteiger partial charge in [-0.15, -0.1) is 6.58 Å². The Hall–Kier alpha value is -2.30. The minimum Gasteiger partial charge on any atom is -0.491 e. The Morgan fingerprint density at radius 1 is 0.862 bits per heavy atom. The van der Waals surface area contributed by atoms with Crippen molar-refractivity contribution in [1.29, 1.82) is 0 Å². The molecule has 0 N–H and O–H groups in total. The van der Waals surface area contributed by atoms with E-state index in [1.807, 2.05) is 6.08 Å². The quantitative estimate of drug-likeness (QED) is 0.385. The molecule has 0 amide bonds. The Morgan fingerprint density at radius 2 is 1.52 bits per heavy atom. The van der Waals surface area contributed by atoms with Gasteiger partial charge in [-0.1, -0.05) is 18.2 Å². The number of fused-ring (bicyclic) bond motifs is 1. The average Bonchev–Trinajstić information content (AvgIpc) is 3.30. The topological polar surface area (TPSA) is 9.23 Å². The minimum atomic E-state index is -1.24. The molecule has 0 heterocycles. The summed E-state index contributed by atoms with van der Waals surface area (Å²) in [6.07, 6.45) is 5.78. The summed E-state index contributed by atoms with van der Waals surface area (Å²) in [5.41, 5.74) is -0.253. The molecule has 0 bridgehead atoms. The van der Waals surface area contributed by atoms with Crippen LogP contribution in [0.4, 0.5) is 17.6 Å². The largest absolute Gasteiger partial charge is 0.491 e. The van der Waals surface area contributed by atoms with Gasteiger partial charge in [0.15, 0.2) is 23.2 Å². The fourth-order valence-electron chi connectivity index (χ4n) is 5.39. The van der Waals surface area contributed by atoms with Crippen molar-refractivity contribution in [3.05, 3.63) is 65.8 Å². The van der Waals surface area contributed by atoms with Crippen LogP contribution < -0.4 is 4.74 Å². The molecule has 0 spiro atoms. The Balaban J connectivity index is 1.69. The zero-order chi connectivity index (χ0) is 20.7. The lowest BCUT2D eigenvalue weighted by Crippen LogP contribution is -2.13. The zero-order valence-electron chi connectivity index (χ0n) is 16.4. The van der Waals surface area contributed by atoms with E-state index in [-0.39, 0.29) is 29.4 Å². The molecule has 4 rings (SSSR count). The van der Waals surface area contributed by atoms with E-state index in [4.69, 9.17) is 4.74 Å². The second kappa shape index (κ2) is 7.85. The third-order valence-corrected chi connectivity index (χ3v) is 6.71. The van der Waals surface area contributed by atoms with E-state index in [2.05, 4.69) is 6.58 Å². The summed E-state index contributed by atoms with van der Waals surface area (Å²) < 4.78 is 63.7. The van der Waals surface area contributed by atoms with Gasteiger partial charge in [0.05, 0.1) is 6.61 Å². The van der Waals surface area contributed by atoms with Gasteiger partial charge in [-0.3, -0.25) is 0 Å². The normalized spacial score (nSPS) is 25.8. The maximum absolute atomic E-state index is 15.0. The monoisotopic (exact) mass is 404 g/mol. The average molecular weight is 404 g/mol. The number of halogens is 4. The van der Waals surface area contributed by atoms with E-state index in [1.165, 1.54) is 24.3 Å². The molecule has 1 nitrogen and oxygen atoms in total. The molecule has 4 atom stereocenters. The lowest BCUT2D eigenvalue weighted by molar-refractivity contribution is 0.314. The Bertz CT molecular complexity index is 939. The number of ether oxygens (including phenoxy) is 1. The number of allylic oxidation sites excluding steroid dienone is 1. The van der Waals surface area contributed by atoms with Gasteiger partial charge in [0.2, 0.25) is 5.82 Å². The molecule has 2 aromatic rings. The molecular formula is C24H24F4O. The van der Waals surface area contributed by atoms with E-state index in [0.29, 0.717) is 23.3 Å². The highest BCUT2D eigenvalue weighted by Crippen LogP contribution is 2.55. The first-order valence-corrected chi connectivity index (χ1v) is 10.2. The third-order valence-electron chi connectivity index (χ3n) is 6.71. The number of hydrogen-bond donors (Lipinski definition) is 0. The van der Waals surface area contributed by atoms with Gasteiger partial charge in [-0.2, -0.15) is 4.39 Å². The Kier molecular flexibility index (Phi) is 5.41. The number of rotatable bonds is 5. The first-order valence-electron chi connectivity index (χ1n) is 10.2. The maximum Gasteiger partial charge on any atom is 0.201 e.